The van der Waals surface area contributed by atoms with Gasteiger partial charge in [-0.25, -0.2) is 4.39 Å². The Labute approximate surface area is 97.1 Å². The summed E-state index contributed by atoms with van der Waals surface area (Å²) in [6.07, 6.45) is 0. The van der Waals surface area contributed by atoms with Gasteiger partial charge in [-0.1, -0.05) is 11.6 Å². The second kappa shape index (κ2) is 5.14. The minimum absolute atomic E-state index is 0.0511. The molecule has 0 amide bonds. The number of benzene rings is 1. The molecular weight excluding hydrogens is 237 g/mol. The van der Waals surface area contributed by atoms with Crippen LogP contribution in [0.4, 0.5) is 4.39 Å². The molecule has 0 radical (unpaired) electrons. The second-order valence-corrected chi connectivity index (χ2v) is 3.29. The molecule has 0 saturated heterocycles. The van der Waals surface area contributed by atoms with Crippen molar-refractivity contribution in [2.45, 2.75) is 0 Å². The molecule has 0 spiro atoms. The molecule has 1 aromatic rings. The number of carbonyl (C=O) groups excluding carboxylic acids is 1. The molecule has 16 heavy (non-hydrogen) atoms. The van der Waals surface area contributed by atoms with Gasteiger partial charge in [0.1, 0.15) is 5.02 Å². The molecule has 1 aromatic carbocycles. The van der Waals surface area contributed by atoms with Crippen molar-refractivity contribution in [2.75, 3.05) is 20.8 Å². The fourth-order valence-electron chi connectivity index (χ4n) is 1.24. The van der Waals surface area contributed by atoms with Gasteiger partial charge >= 0.3 is 0 Å². The largest absolute Gasteiger partial charge is 0.493 e. The van der Waals surface area contributed by atoms with Gasteiger partial charge in [0.2, 0.25) is 0 Å². The normalized spacial score (nSPS) is 10.1. The lowest BCUT2D eigenvalue weighted by Gasteiger charge is -2.12. The fourth-order valence-corrected chi connectivity index (χ4v) is 1.51. The first kappa shape index (κ1) is 12.7. The van der Waals surface area contributed by atoms with Crippen molar-refractivity contribution in [3.8, 4) is 11.5 Å². The maximum atomic E-state index is 13.7. The zero-order valence-corrected chi connectivity index (χ0v) is 9.60. The highest BCUT2D eigenvalue weighted by Gasteiger charge is 2.21. The highest BCUT2D eigenvalue weighted by Crippen LogP contribution is 2.38. The number of ether oxygens (including phenoxy) is 2. The van der Waals surface area contributed by atoms with Gasteiger partial charge in [-0.15, -0.1) is 0 Å². The SMILES string of the molecule is COc1cc(C(=O)CN)c(F)c(Cl)c1OC. The summed E-state index contributed by atoms with van der Waals surface area (Å²) in [6.45, 7) is -0.303. The van der Waals surface area contributed by atoms with Crippen LogP contribution < -0.4 is 15.2 Å². The van der Waals surface area contributed by atoms with Crippen molar-refractivity contribution < 1.29 is 18.7 Å². The summed E-state index contributed by atoms with van der Waals surface area (Å²) in [5.74, 6) is -1.17. The average molecular weight is 248 g/mol. The summed E-state index contributed by atoms with van der Waals surface area (Å²) in [4.78, 5) is 11.3. The molecule has 0 aliphatic carbocycles. The number of nitrogens with two attached hydrogens (primary N) is 1. The third kappa shape index (κ3) is 2.10. The van der Waals surface area contributed by atoms with Gasteiger partial charge < -0.3 is 15.2 Å². The van der Waals surface area contributed by atoms with Gasteiger partial charge in [0.05, 0.1) is 26.3 Å². The first-order valence-corrected chi connectivity index (χ1v) is 4.77. The van der Waals surface area contributed by atoms with Crippen molar-refractivity contribution in [1.82, 2.24) is 0 Å². The molecular formula is C10H11ClFNO3. The molecule has 0 fully saturated rings. The summed E-state index contributed by atoms with van der Waals surface area (Å²) in [6, 6.07) is 1.22. The minimum Gasteiger partial charge on any atom is -0.493 e. The molecule has 1 rings (SSSR count). The zero-order chi connectivity index (χ0) is 12.3. The standard InChI is InChI=1S/C10H11ClFNO3/c1-15-7-3-5(6(14)4-13)9(12)8(11)10(7)16-2/h3H,4,13H2,1-2H3. The Morgan fingerprint density at radius 2 is 2.12 bits per heavy atom. The van der Waals surface area contributed by atoms with E-state index in [9.17, 15) is 9.18 Å². The Morgan fingerprint density at radius 3 is 2.56 bits per heavy atom. The second-order valence-electron chi connectivity index (χ2n) is 2.91. The summed E-state index contributed by atoms with van der Waals surface area (Å²) < 4.78 is 23.5. The van der Waals surface area contributed by atoms with Crippen molar-refractivity contribution in [3.05, 3.63) is 22.5 Å². The maximum Gasteiger partial charge on any atom is 0.182 e. The van der Waals surface area contributed by atoms with Crippen LogP contribution in [0, 0.1) is 5.82 Å². The number of carbonyl (C=O) groups is 1. The van der Waals surface area contributed by atoms with Gasteiger partial charge in [-0.2, -0.15) is 0 Å². The van der Waals surface area contributed by atoms with Gasteiger partial charge in [-0.3, -0.25) is 4.79 Å². The highest BCUT2D eigenvalue weighted by molar-refractivity contribution is 6.33. The number of methoxy groups -OCH3 is 2. The molecule has 88 valence electrons. The van der Waals surface area contributed by atoms with Crippen LogP contribution in [0.1, 0.15) is 10.4 Å². The van der Waals surface area contributed by atoms with Crippen LogP contribution in [0.15, 0.2) is 6.07 Å². The topological polar surface area (TPSA) is 61.5 Å². The van der Waals surface area contributed by atoms with E-state index in [1.54, 1.807) is 0 Å². The van der Waals surface area contributed by atoms with Crippen LogP contribution >= 0.6 is 11.6 Å². The molecule has 2 N–H and O–H groups in total. The molecule has 0 heterocycles. The molecule has 0 aliphatic rings. The van der Waals surface area contributed by atoms with E-state index in [4.69, 9.17) is 26.8 Å². The van der Waals surface area contributed by atoms with E-state index in [1.165, 1.54) is 20.3 Å². The minimum atomic E-state index is -0.852. The van der Waals surface area contributed by atoms with Crippen LogP contribution in [0.3, 0.4) is 0 Å². The molecule has 0 aliphatic heterocycles. The van der Waals surface area contributed by atoms with E-state index in [0.29, 0.717) is 0 Å². The quantitative estimate of drug-likeness (QED) is 0.822. The Morgan fingerprint density at radius 1 is 1.50 bits per heavy atom. The molecule has 4 nitrogen and oxygen atoms in total. The van der Waals surface area contributed by atoms with E-state index in [0.717, 1.165) is 0 Å². The van der Waals surface area contributed by atoms with E-state index >= 15 is 0 Å². The molecule has 0 bridgehead atoms. The number of hydrogen-bond acceptors (Lipinski definition) is 4. The first-order valence-electron chi connectivity index (χ1n) is 4.40. The van der Waals surface area contributed by atoms with Crippen molar-refractivity contribution >= 4 is 17.4 Å². The summed E-state index contributed by atoms with van der Waals surface area (Å²) in [7, 11) is 2.69. The Bertz CT molecular complexity index is 423. The Balaban J connectivity index is 3.44. The molecule has 0 atom stereocenters. The van der Waals surface area contributed by atoms with E-state index in [1.807, 2.05) is 0 Å². The van der Waals surface area contributed by atoms with Crippen molar-refractivity contribution in [3.63, 3.8) is 0 Å². The van der Waals surface area contributed by atoms with Crippen LogP contribution in [0.25, 0.3) is 0 Å². The third-order valence-electron chi connectivity index (χ3n) is 2.04. The highest BCUT2D eigenvalue weighted by atomic mass is 35.5. The lowest BCUT2D eigenvalue weighted by molar-refractivity contribution is 0.0997. The van der Waals surface area contributed by atoms with Crippen LogP contribution in [-0.4, -0.2) is 26.5 Å². The summed E-state index contributed by atoms with van der Waals surface area (Å²) in [5, 5.41) is -0.293. The van der Waals surface area contributed by atoms with E-state index in [2.05, 4.69) is 0 Å². The van der Waals surface area contributed by atoms with Gasteiger partial charge in [0.15, 0.2) is 23.1 Å². The maximum absolute atomic E-state index is 13.7. The van der Waals surface area contributed by atoms with Crippen molar-refractivity contribution in [2.24, 2.45) is 5.73 Å². The first-order chi connectivity index (χ1) is 7.56. The van der Waals surface area contributed by atoms with Crippen molar-refractivity contribution in [1.29, 1.82) is 0 Å². The predicted molar refractivity (Wildman–Crippen MR) is 57.9 cm³/mol. The van der Waals surface area contributed by atoms with Crippen LogP contribution in [0.2, 0.25) is 5.02 Å². The number of halogens is 2. The Kier molecular flexibility index (Phi) is 4.09. The number of hydrogen-bond donors (Lipinski definition) is 1. The fraction of sp³-hybridized carbons (Fsp3) is 0.300. The van der Waals surface area contributed by atoms with Gasteiger partial charge in [0, 0.05) is 0 Å². The molecule has 0 aromatic heterocycles. The van der Waals surface area contributed by atoms with Crippen LogP contribution in [0.5, 0.6) is 11.5 Å². The van der Waals surface area contributed by atoms with E-state index in [-0.39, 0.29) is 28.6 Å². The zero-order valence-electron chi connectivity index (χ0n) is 8.84. The molecule has 0 saturated carbocycles. The summed E-state index contributed by atoms with van der Waals surface area (Å²) >= 11 is 5.71. The molecule has 0 unspecified atom stereocenters. The van der Waals surface area contributed by atoms with Gasteiger partial charge in [-0.05, 0) is 6.07 Å². The Hall–Kier alpha value is -1.33. The molecule has 6 heteroatoms. The predicted octanol–water partition coefficient (Wildman–Crippen LogP) is 1.64. The number of rotatable bonds is 4. The lowest BCUT2D eigenvalue weighted by Crippen LogP contribution is -2.15. The average Bonchev–Trinajstić information content (AvgIpc) is 2.31. The monoisotopic (exact) mass is 247 g/mol. The van der Waals surface area contributed by atoms with E-state index < -0.39 is 11.6 Å². The number of ketones is 1. The van der Waals surface area contributed by atoms with Gasteiger partial charge in [0.25, 0.3) is 0 Å². The third-order valence-corrected chi connectivity index (χ3v) is 2.38. The summed E-state index contributed by atoms with van der Waals surface area (Å²) in [5.41, 5.74) is 4.95. The smallest absolute Gasteiger partial charge is 0.182 e. The lowest BCUT2D eigenvalue weighted by atomic mass is 10.1. The number of Topliss-reactive ketones (excluding diaryl/α,β-unsaturated/α-hetero) is 1. The van der Waals surface area contributed by atoms with Crippen LogP contribution in [-0.2, 0) is 0 Å².